The van der Waals surface area contributed by atoms with Crippen LogP contribution in [0.25, 0.3) is 0 Å². The number of carbonyl (C=O) groups is 1. The average Bonchev–Trinajstić information content (AvgIpc) is 2.25. The van der Waals surface area contributed by atoms with E-state index < -0.39 is 12.1 Å². The summed E-state index contributed by atoms with van der Waals surface area (Å²) in [6.45, 7) is 10.1. The molecule has 2 atom stereocenters. The van der Waals surface area contributed by atoms with Crippen LogP contribution in [0.1, 0.15) is 47.5 Å². The summed E-state index contributed by atoms with van der Waals surface area (Å²) in [6, 6.07) is -0.545. The first-order valence-corrected chi connectivity index (χ1v) is 6.45. The molecule has 0 spiro atoms. The van der Waals surface area contributed by atoms with E-state index in [0.29, 0.717) is 0 Å². The molecule has 4 N–H and O–H groups in total. The lowest BCUT2D eigenvalue weighted by Crippen LogP contribution is -2.50. The van der Waals surface area contributed by atoms with Crippen molar-refractivity contribution in [3.05, 3.63) is 0 Å². The Morgan fingerprint density at radius 1 is 1.29 bits per heavy atom. The Hall–Kier alpha value is -0.610. The summed E-state index contributed by atoms with van der Waals surface area (Å²) < 4.78 is 0. The van der Waals surface area contributed by atoms with Crippen LogP contribution in [0.4, 0.5) is 0 Å². The zero-order chi connectivity index (χ0) is 13.6. The third-order valence-corrected chi connectivity index (χ3v) is 3.29. The van der Waals surface area contributed by atoms with Gasteiger partial charge in [-0.1, -0.05) is 47.5 Å². The van der Waals surface area contributed by atoms with Crippen molar-refractivity contribution in [2.45, 2.75) is 59.6 Å². The maximum absolute atomic E-state index is 11.7. The molecule has 0 aliphatic rings. The Bertz CT molecular complexity index is 232. The van der Waals surface area contributed by atoms with Crippen LogP contribution in [0, 0.1) is 11.3 Å². The number of hydrogen-bond donors (Lipinski definition) is 3. The number of amides is 1. The van der Waals surface area contributed by atoms with Crippen LogP contribution in [0.2, 0.25) is 0 Å². The summed E-state index contributed by atoms with van der Waals surface area (Å²) >= 11 is 0. The summed E-state index contributed by atoms with van der Waals surface area (Å²) in [5.74, 6) is 0.0451. The first-order chi connectivity index (χ1) is 7.73. The fourth-order valence-corrected chi connectivity index (χ4v) is 1.71. The second-order valence-corrected chi connectivity index (χ2v) is 5.73. The SMILES string of the molecule is CCC(CC)C(O)CNC(=O)C(N)C(C)(C)C. The van der Waals surface area contributed by atoms with E-state index in [9.17, 15) is 9.90 Å². The number of hydrogen-bond acceptors (Lipinski definition) is 3. The van der Waals surface area contributed by atoms with Gasteiger partial charge in [-0.3, -0.25) is 4.79 Å². The van der Waals surface area contributed by atoms with E-state index >= 15 is 0 Å². The van der Waals surface area contributed by atoms with Gasteiger partial charge in [-0.25, -0.2) is 0 Å². The smallest absolute Gasteiger partial charge is 0.237 e. The minimum atomic E-state index is -0.545. The van der Waals surface area contributed by atoms with E-state index in [1.807, 2.05) is 34.6 Å². The fraction of sp³-hybridized carbons (Fsp3) is 0.923. The van der Waals surface area contributed by atoms with Crippen LogP contribution in [-0.2, 0) is 4.79 Å². The summed E-state index contributed by atoms with van der Waals surface area (Å²) in [5, 5.41) is 12.6. The minimum Gasteiger partial charge on any atom is -0.391 e. The van der Waals surface area contributed by atoms with E-state index in [1.54, 1.807) is 0 Å². The molecule has 0 heterocycles. The normalized spacial score (nSPS) is 15.8. The van der Waals surface area contributed by atoms with Crippen molar-refractivity contribution in [3.8, 4) is 0 Å². The van der Waals surface area contributed by atoms with E-state index in [1.165, 1.54) is 0 Å². The standard InChI is InChI=1S/C13H28N2O2/c1-6-9(7-2)10(16)8-15-12(17)11(14)13(3,4)5/h9-11,16H,6-8,14H2,1-5H3,(H,15,17). The van der Waals surface area contributed by atoms with Crippen molar-refractivity contribution in [1.29, 1.82) is 0 Å². The van der Waals surface area contributed by atoms with Crippen LogP contribution in [-0.4, -0.2) is 29.7 Å². The van der Waals surface area contributed by atoms with Crippen molar-refractivity contribution in [2.24, 2.45) is 17.1 Å². The molecule has 17 heavy (non-hydrogen) atoms. The summed E-state index contributed by atoms with van der Waals surface area (Å²) in [7, 11) is 0. The highest BCUT2D eigenvalue weighted by Gasteiger charge is 2.28. The molecule has 102 valence electrons. The number of nitrogens with one attached hydrogen (secondary N) is 1. The van der Waals surface area contributed by atoms with Gasteiger partial charge < -0.3 is 16.2 Å². The second kappa shape index (κ2) is 6.97. The average molecular weight is 244 g/mol. The monoisotopic (exact) mass is 244 g/mol. The Balaban J connectivity index is 4.16. The highest BCUT2D eigenvalue weighted by Crippen LogP contribution is 2.17. The number of nitrogens with two attached hydrogens (primary N) is 1. The van der Waals surface area contributed by atoms with Gasteiger partial charge in [0.15, 0.2) is 0 Å². The van der Waals surface area contributed by atoms with E-state index in [-0.39, 0.29) is 23.8 Å². The molecule has 2 unspecified atom stereocenters. The van der Waals surface area contributed by atoms with E-state index in [4.69, 9.17) is 5.73 Å². The molecule has 0 saturated heterocycles. The molecule has 0 saturated carbocycles. The molecule has 0 rings (SSSR count). The first-order valence-electron chi connectivity index (χ1n) is 6.45. The molecule has 0 aromatic heterocycles. The lowest BCUT2D eigenvalue weighted by molar-refractivity contribution is -0.125. The molecule has 4 heteroatoms. The van der Waals surface area contributed by atoms with Gasteiger partial charge in [0.1, 0.15) is 0 Å². The van der Waals surface area contributed by atoms with Crippen LogP contribution in [0.3, 0.4) is 0 Å². The molecule has 0 aromatic carbocycles. The summed E-state index contributed by atoms with van der Waals surface area (Å²) in [6.07, 6.45) is 1.35. The van der Waals surface area contributed by atoms with Crippen LogP contribution < -0.4 is 11.1 Å². The van der Waals surface area contributed by atoms with Gasteiger partial charge in [-0.05, 0) is 11.3 Å². The van der Waals surface area contributed by atoms with Crippen LogP contribution in [0.5, 0.6) is 0 Å². The number of rotatable bonds is 6. The van der Waals surface area contributed by atoms with Gasteiger partial charge in [-0.2, -0.15) is 0 Å². The third kappa shape index (κ3) is 5.50. The molecule has 0 fully saturated rings. The zero-order valence-corrected chi connectivity index (χ0v) is 11.8. The topological polar surface area (TPSA) is 75.3 Å². The van der Waals surface area contributed by atoms with Crippen LogP contribution >= 0.6 is 0 Å². The minimum absolute atomic E-state index is 0.192. The molecule has 0 aliphatic heterocycles. The number of aliphatic hydroxyl groups is 1. The van der Waals surface area contributed by atoms with Crippen LogP contribution in [0.15, 0.2) is 0 Å². The molecule has 0 radical (unpaired) electrons. The Labute approximate surface area is 105 Å². The Morgan fingerprint density at radius 2 is 1.76 bits per heavy atom. The van der Waals surface area contributed by atoms with Crippen molar-refractivity contribution in [3.63, 3.8) is 0 Å². The molecular formula is C13H28N2O2. The highest BCUT2D eigenvalue weighted by atomic mass is 16.3. The largest absolute Gasteiger partial charge is 0.391 e. The third-order valence-electron chi connectivity index (χ3n) is 3.29. The fourth-order valence-electron chi connectivity index (χ4n) is 1.71. The zero-order valence-electron chi connectivity index (χ0n) is 11.8. The maximum Gasteiger partial charge on any atom is 0.237 e. The van der Waals surface area contributed by atoms with Gasteiger partial charge >= 0.3 is 0 Å². The number of aliphatic hydroxyl groups excluding tert-OH is 1. The van der Waals surface area contributed by atoms with Gasteiger partial charge in [-0.15, -0.1) is 0 Å². The predicted molar refractivity (Wildman–Crippen MR) is 70.5 cm³/mol. The van der Waals surface area contributed by atoms with E-state index in [0.717, 1.165) is 12.8 Å². The molecule has 0 aliphatic carbocycles. The summed E-state index contributed by atoms with van der Waals surface area (Å²) in [4.78, 5) is 11.7. The molecule has 1 amide bonds. The van der Waals surface area contributed by atoms with Gasteiger partial charge in [0, 0.05) is 6.54 Å². The van der Waals surface area contributed by atoms with Gasteiger partial charge in [0.25, 0.3) is 0 Å². The Morgan fingerprint density at radius 3 is 2.12 bits per heavy atom. The van der Waals surface area contributed by atoms with Crippen molar-refractivity contribution >= 4 is 5.91 Å². The van der Waals surface area contributed by atoms with Crippen molar-refractivity contribution in [2.75, 3.05) is 6.54 Å². The quantitative estimate of drug-likeness (QED) is 0.658. The Kier molecular flexibility index (Phi) is 6.72. The molecule has 4 nitrogen and oxygen atoms in total. The van der Waals surface area contributed by atoms with E-state index in [2.05, 4.69) is 5.32 Å². The molecular weight excluding hydrogens is 216 g/mol. The van der Waals surface area contributed by atoms with Gasteiger partial charge in [0.2, 0.25) is 5.91 Å². The van der Waals surface area contributed by atoms with Crippen molar-refractivity contribution < 1.29 is 9.90 Å². The van der Waals surface area contributed by atoms with Gasteiger partial charge in [0.05, 0.1) is 12.1 Å². The maximum atomic E-state index is 11.7. The highest BCUT2D eigenvalue weighted by molar-refractivity contribution is 5.82. The van der Waals surface area contributed by atoms with Crippen molar-refractivity contribution in [1.82, 2.24) is 5.32 Å². The second-order valence-electron chi connectivity index (χ2n) is 5.73. The first kappa shape index (κ1) is 16.4. The summed E-state index contributed by atoms with van der Waals surface area (Å²) in [5.41, 5.74) is 5.57. The lowest BCUT2D eigenvalue weighted by atomic mass is 9.87. The predicted octanol–water partition coefficient (Wildman–Crippen LogP) is 1.27. The lowest BCUT2D eigenvalue weighted by Gasteiger charge is -2.27. The number of carbonyl (C=O) groups excluding carboxylic acids is 1. The molecule has 0 bridgehead atoms. The molecule has 0 aromatic rings.